The van der Waals surface area contributed by atoms with E-state index in [2.05, 4.69) is 40.7 Å². The molecule has 36 heavy (non-hydrogen) atoms. The van der Waals surface area contributed by atoms with E-state index in [4.69, 9.17) is 30.6 Å². The lowest BCUT2D eigenvalue weighted by Gasteiger charge is -2.35. The van der Waals surface area contributed by atoms with E-state index in [1.807, 2.05) is 0 Å². The molecule has 5 unspecified atom stereocenters. The van der Waals surface area contributed by atoms with E-state index in [0.29, 0.717) is 11.5 Å². The molecular weight excluding hydrogens is 540 g/mol. The molecule has 2 saturated heterocycles. The van der Waals surface area contributed by atoms with Crippen LogP contribution in [0.25, 0.3) is 5.65 Å². The number of halogens is 1. The van der Waals surface area contributed by atoms with Crippen molar-refractivity contribution in [3.8, 4) is 0 Å². The monoisotopic (exact) mass is 569 g/mol. The van der Waals surface area contributed by atoms with Gasteiger partial charge in [-0.15, -0.1) is 5.10 Å². The number of fused-ring (bicyclic) bond motifs is 1. The summed E-state index contributed by atoms with van der Waals surface area (Å²) >= 11 is 6.25. The summed E-state index contributed by atoms with van der Waals surface area (Å²) in [7, 11) is -9.50. The number of imidazole rings is 1. The Morgan fingerprint density at radius 2 is 1.92 bits per heavy atom. The number of anilines is 1. The van der Waals surface area contributed by atoms with Gasteiger partial charge in [0.25, 0.3) is 0 Å². The Labute approximate surface area is 211 Å². The smallest absolute Gasteiger partial charge is 0.340 e. The third-order valence-corrected chi connectivity index (χ3v) is 9.94. The number of aliphatic hydroxyl groups excluding tert-OH is 2. The average molecular weight is 570 g/mol. The van der Waals surface area contributed by atoms with Gasteiger partial charge in [0.15, 0.2) is 17.4 Å². The highest BCUT2D eigenvalue weighted by Gasteiger charge is 2.46. The lowest BCUT2D eigenvalue weighted by molar-refractivity contribution is -0.0204. The van der Waals surface area contributed by atoms with Crippen LogP contribution in [0.5, 0.6) is 0 Å². The van der Waals surface area contributed by atoms with Crippen molar-refractivity contribution >= 4 is 38.3 Å². The van der Waals surface area contributed by atoms with E-state index in [1.165, 1.54) is 10.7 Å². The fourth-order valence-electron chi connectivity index (χ4n) is 4.76. The molecule has 0 amide bonds. The molecule has 0 saturated carbocycles. The van der Waals surface area contributed by atoms with Gasteiger partial charge >= 0.3 is 15.2 Å². The quantitative estimate of drug-likeness (QED) is 0.299. The predicted octanol–water partition coefficient (Wildman–Crippen LogP) is 1.29. The van der Waals surface area contributed by atoms with Gasteiger partial charge in [-0.2, -0.15) is 4.98 Å². The Balaban J connectivity index is 1.60. The van der Waals surface area contributed by atoms with E-state index in [0.717, 1.165) is 19.4 Å². The van der Waals surface area contributed by atoms with Gasteiger partial charge in [0.2, 0.25) is 5.28 Å². The maximum Gasteiger partial charge on any atom is 0.340 e. The molecule has 4 heterocycles. The van der Waals surface area contributed by atoms with Gasteiger partial charge in [-0.3, -0.25) is 9.13 Å². The van der Waals surface area contributed by atoms with Crippen molar-refractivity contribution in [3.05, 3.63) is 17.2 Å². The van der Waals surface area contributed by atoms with Gasteiger partial charge in [-0.05, 0) is 29.9 Å². The van der Waals surface area contributed by atoms with Crippen molar-refractivity contribution in [2.45, 2.75) is 64.1 Å². The van der Waals surface area contributed by atoms with Crippen LogP contribution < -0.4 is 4.90 Å². The van der Waals surface area contributed by atoms with E-state index in [-0.39, 0.29) is 22.4 Å². The lowest BCUT2D eigenvalue weighted by atomic mass is 9.85. The van der Waals surface area contributed by atoms with Crippen molar-refractivity contribution in [1.82, 2.24) is 19.6 Å². The number of ether oxygens (including phenoxy) is 1. The molecule has 5 N–H and O–H groups in total. The minimum absolute atomic E-state index is 0.0334. The van der Waals surface area contributed by atoms with Crippen molar-refractivity contribution in [3.63, 3.8) is 0 Å². The SMILES string of the molecule is CC(C)(C)[C@H]1CCCN1c1nc(Cl)nn2c(C3OC(COP(=O)(O)CP(=O)(O)O)C(O)C3O)cnc12. The number of hydrogen-bond donors (Lipinski definition) is 5. The molecule has 0 bridgehead atoms. The van der Waals surface area contributed by atoms with Crippen molar-refractivity contribution in [1.29, 1.82) is 0 Å². The summed E-state index contributed by atoms with van der Waals surface area (Å²) in [5, 5.41) is 25.3. The number of nitrogens with zero attached hydrogens (tertiary/aromatic N) is 5. The van der Waals surface area contributed by atoms with Crippen LogP contribution in [0.15, 0.2) is 6.20 Å². The standard InChI is InChI=1S/C19H30ClN5O9P2/c1-19(2,3)12-5-4-6-24(12)17-16-21-7-10(25(16)23-18(20)22-17)15-14(27)13(26)11(34-15)8-33-36(31,32)9-35(28,29)30/h7,11-15,26-27H,4-6,8-9H2,1-3H3,(H,31,32)(H2,28,29,30)/t11?,12-,13?,14?,15?/m1/s1. The zero-order valence-corrected chi connectivity index (χ0v) is 22.4. The molecule has 0 spiro atoms. The molecule has 0 aromatic carbocycles. The lowest BCUT2D eigenvalue weighted by Crippen LogP contribution is -2.40. The third-order valence-electron chi connectivity index (χ3n) is 6.33. The Morgan fingerprint density at radius 3 is 2.56 bits per heavy atom. The zero-order valence-electron chi connectivity index (χ0n) is 19.9. The van der Waals surface area contributed by atoms with Gasteiger partial charge in [0, 0.05) is 12.6 Å². The van der Waals surface area contributed by atoms with E-state index < -0.39 is 52.1 Å². The van der Waals surface area contributed by atoms with Crippen molar-refractivity contribution in [2.24, 2.45) is 5.41 Å². The van der Waals surface area contributed by atoms with Gasteiger partial charge in [0.1, 0.15) is 24.4 Å². The second kappa shape index (κ2) is 9.85. The number of hydrogen-bond acceptors (Lipinski definition) is 10. The minimum Gasteiger partial charge on any atom is -0.387 e. The fraction of sp³-hybridized carbons (Fsp3) is 0.737. The fourth-order valence-corrected chi connectivity index (χ4v) is 7.49. The highest BCUT2D eigenvalue weighted by Crippen LogP contribution is 2.55. The van der Waals surface area contributed by atoms with Crippen LogP contribution in [0.3, 0.4) is 0 Å². The highest BCUT2D eigenvalue weighted by molar-refractivity contribution is 7.70. The molecule has 0 aliphatic carbocycles. The maximum atomic E-state index is 11.9. The third kappa shape index (κ3) is 5.78. The number of aromatic nitrogens is 4. The van der Waals surface area contributed by atoms with Crippen LogP contribution in [0.1, 0.15) is 45.4 Å². The normalized spacial score (nSPS) is 29.2. The number of aliphatic hydroxyl groups is 2. The molecule has 17 heteroatoms. The van der Waals surface area contributed by atoms with Gasteiger partial charge < -0.3 is 39.1 Å². The Hall–Kier alpha value is -1.18. The van der Waals surface area contributed by atoms with Crippen molar-refractivity contribution < 1.29 is 43.3 Å². The molecule has 2 aliphatic rings. The van der Waals surface area contributed by atoms with Crippen molar-refractivity contribution in [2.75, 3.05) is 24.0 Å². The molecule has 202 valence electrons. The first-order valence-electron chi connectivity index (χ1n) is 11.3. The minimum atomic E-state index is -4.82. The van der Waals surface area contributed by atoms with Gasteiger partial charge in [0.05, 0.1) is 18.5 Å². The summed E-state index contributed by atoms with van der Waals surface area (Å²) in [4.78, 5) is 38.6. The molecule has 4 rings (SSSR count). The summed E-state index contributed by atoms with van der Waals surface area (Å²) in [6.45, 7) is 6.49. The van der Waals surface area contributed by atoms with Crippen LogP contribution in [0.4, 0.5) is 5.82 Å². The summed E-state index contributed by atoms with van der Waals surface area (Å²) in [5.74, 6) is -0.850. The van der Waals surface area contributed by atoms with Crippen LogP contribution in [0.2, 0.25) is 5.28 Å². The first-order valence-corrected chi connectivity index (χ1v) is 15.2. The van der Waals surface area contributed by atoms with E-state index >= 15 is 0 Å². The Bertz CT molecular complexity index is 1220. The molecular formula is C19H30ClN5O9P2. The van der Waals surface area contributed by atoms with Gasteiger partial charge in [-0.1, -0.05) is 20.8 Å². The maximum absolute atomic E-state index is 11.9. The summed E-state index contributed by atoms with van der Waals surface area (Å²) in [5.41, 5.74) is 0.615. The zero-order chi connectivity index (χ0) is 26.6. The Kier molecular flexibility index (Phi) is 7.62. The van der Waals surface area contributed by atoms with E-state index in [1.54, 1.807) is 0 Å². The highest BCUT2D eigenvalue weighted by atomic mass is 35.5. The summed E-state index contributed by atoms with van der Waals surface area (Å²) in [6, 6.07) is 0.186. The first kappa shape index (κ1) is 27.8. The molecule has 14 nitrogen and oxygen atoms in total. The second-order valence-corrected chi connectivity index (χ2v) is 14.5. The molecule has 0 radical (unpaired) electrons. The first-order chi connectivity index (χ1) is 16.6. The van der Waals surface area contributed by atoms with Crippen LogP contribution >= 0.6 is 26.8 Å². The number of rotatable bonds is 7. The molecule has 2 aromatic rings. The topological polar surface area (TPSA) is 200 Å². The summed E-state index contributed by atoms with van der Waals surface area (Å²) < 4.78 is 34.8. The van der Waals surface area contributed by atoms with Crippen LogP contribution in [0, 0.1) is 5.41 Å². The van der Waals surface area contributed by atoms with Gasteiger partial charge in [-0.25, -0.2) is 9.50 Å². The molecule has 6 atom stereocenters. The molecule has 2 fully saturated rings. The molecule has 2 aromatic heterocycles. The Morgan fingerprint density at radius 1 is 1.22 bits per heavy atom. The molecule has 2 aliphatic heterocycles. The summed E-state index contributed by atoms with van der Waals surface area (Å²) in [6.07, 6.45) is -2.08. The van der Waals surface area contributed by atoms with Crippen LogP contribution in [-0.2, 0) is 18.4 Å². The van der Waals surface area contributed by atoms with E-state index in [9.17, 15) is 24.2 Å². The largest absolute Gasteiger partial charge is 0.387 e. The average Bonchev–Trinajstić information content (AvgIpc) is 3.43. The van der Waals surface area contributed by atoms with Crippen LogP contribution in [-0.4, -0.2) is 87.9 Å². The second-order valence-electron chi connectivity index (χ2n) is 10.2. The predicted molar refractivity (Wildman–Crippen MR) is 128 cm³/mol.